The molecule has 0 aliphatic heterocycles. The molecular formula is C12H23O. The standard InChI is InChI=1S/C12H23O/c1-2-3-4-8-11-13-12-9-6-5-7-10-12/h2,12H,3-11H2,1H3. The first-order valence-electron chi connectivity index (χ1n) is 5.83. The lowest BCUT2D eigenvalue weighted by atomic mass is 9.98. The Kier molecular flexibility index (Phi) is 6.26. The minimum absolute atomic E-state index is 0.597. The van der Waals surface area contributed by atoms with E-state index in [4.69, 9.17) is 4.74 Å². The van der Waals surface area contributed by atoms with Crippen LogP contribution in [-0.4, -0.2) is 12.7 Å². The van der Waals surface area contributed by atoms with Crippen molar-refractivity contribution < 1.29 is 4.74 Å². The van der Waals surface area contributed by atoms with Gasteiger partial charge in [0, 0.05) is 6.61 Å². The zero-order chi connectivity index (χ0) is 9.36. The first-order chi connectivity index (χ1) is 6.43. The van der Waals surface area contributed by atoms with Crippen molar-refractivity contribution in [2.75, 3.05) is 6.61 Å². The van der Waals surface area contributed by atoms with Crippen LogP contribution in [0.1, 0.15) is 58.3 Å². The van der Waals surface area contributed by atoms with Crippen molar-refractivity contribution in [3.05, 3.63) is 6.42 Å². The summed E-state index contributed by atoms with van der Waals surface area (Å²) in [6.07, 6.45) is 13.4. The molecule has 0 saturated heterocycles. The van der Waals surface area contributed by atoms with E-state index in [-0.39, 0.29) is 0 Å². The summed E-state index contributed by atoms with van der Waals surface area (Å²) in [5, 5.41) is 0. The fraction of sp³-hybridized carbons (Fsp3) is 0.917. The quantitative estimate of drug-likeness (QED) is 0.570. The summed E-state index contributed by atoms with van der Waals surface area (Å²) < 4.78 is 5.82. The van der Waals surface area contributed by atoms with Crippen LogP contribution < -0.4 is 0 Å². The third-order valence-electron chi connectivity index (χ3n) is 2.79. The Morgan fingerprint density at radius 2 is 1.92 bits per heavy atom. The molecule has 13 heavy (non-hydrogen) atoms. The molecule has 1 aliphatic rings. The predicted molar refractivity (Wildman–Crippen MR) is 56.7 cm³/mol. The zero-order valence-electron chi connectivity index (χ0n) is 8.93. The molecule has 0 aromatic heterocycles. The van der Waals surface area contributed by atoms with E-state index in [1.165, 1.54) is 51.4 Å². The van der Waals surface area contributed by atoms with Gasteiger partial charge in [0.25, 0.3) is 0 Å². The van der Waals surface area contributed by atoms with Crippen LogP contribution in [0.2, 0.25) is 0 Å². The molecule has 1 rings (SSSR count). The highest BCUT2D eigenvalue weighted by Crippen LogP contribution is 2.20. The molecule has 1 saturated carbocycles. The molecule has 0 aromatic carbocycles. The fourth-order valence-electron chi connectivity index (χ4n) is 1.93. The molecule has 1 heteroatoms. The van der Waals surface area contributed by atoms with E-state index in [0.717, 1.165) is 6.61 Å². The fourth-order valence-corrected chi connectivity index (χ4v) is 1.93. The molecule has 0 heterocycles. The predicted octanol–water partition coefficient (Wildman–Crippen LogP) is 3.73. The molecule has 0 spiro atoms. The van der Waals surface area contributed by atoms with Gasteiger partial charge in [-0.15, -0.1) is 0 Å². The van der Waals surface area contributed by atoms with Crippen LogP contribution in [0.4, 0.5) is 0 Å². The molecule has 1 aliphatic carbocycles. The molecule has 1 nitrogen and oxygen atoms in total. The van der Waals surface area contributed by atoms with Gasteiger partial charge in [0.1, 0.15) is 0 Å². The topological polar surface area (TPSA) is 9.23 Å². The monoisotopic (exact) mass is 183 g/mol. The van der Waals surface area contributed by atoms with E-state index >= 15 is 0 Å². The third-order valence-corrected chi connectivity index (χ3v) is 2.79. The number of hydrogen-bond donors (Lipinski definition) is 0. The smallest absolute Gasteiger partial charge is 0.0575 e. The van der Waals surface area contributed by atoms with Gasteiger partial charge >= 0.3 is 0 Å². The van der Waals surface area contributed by atoms with Crippen molar-refractivity contribution in [3.8, 4) is 0 Å². The second kappa shape index (κ2) is 7.37. The summed E-state index contributed by atoms with van der Waals surface area (Å²) in [4.78, 5) is 0. The Balaban J connectivity index is 1.86. The van der Waals surface area contributed by atoms with Crippen LogP contribution in [0.3, 0.4) is 0 Å². The van der Waals surface area contributed by atoms with Crippen LogP contribution in [0.15, 0.2) is 0 Å². The maximum Gasteiger partial charge on any atom is 0.0575 e. The Morgan fingerprint density at radius 1 is 1.15 bits per heavy atom. The molecule has 0 bridgehead atoms. The molecule has 0 unspecified atom stereocenters. The average Bonchev–Trinajstić information content (AvgIpc) is 2.19. The maximum absolute atomic E-state index is 5.82. The Morgan fingerprint density at radius 3 is 2.62 bits per heavy atom. The number of ether oxygens (including phenoxy) is 1. The van der Waals surface area contributed by atoms with E-state index in [1.807, 2.05) is 0 Å². The molecule has 0 aromatic rings. The second-order valence-electron chi connectivity index (χ2n) is 4.03. The van der Waals surface area contributed by atoms with Gasteiger partial charge in [-0.3, -0.25) is 0 Å². The average molecular weight is 183 g/mol. The molecule has 0 amide bonds. The van der Waals surface area contributed by atoms with E-state index in [9.17, 15) is 0 Å². The SMILES string of the molecule is C[CH]CCCCOC1CCCCC1. The van der Waals surface area contributed by atoms with Crippen LogP contribution in [0.5, 0.6) is 0 Å². The van der Waals surface area contributed by atoms with Crippen molar-refractivity contribution in [2.45, 2.75) is 64.4 Å². The van der Waals surface area contributed by atoms with Crippen molar-refractivity contribution in [3.63, 3.8) is 0 Å². The normalized spacial score (nSPS) is 19.2. The van der Waals surface area contributed by atoms with Gasteiger partial charge in [0.2, 0.25) is 0 Å². The van der Waals surface area contributed by atoms with Gasteiger partial charge in [-0.1, -0.05) is 39.0 Å². The van der Waals surface area contributed by atoms with Gasteiger partial charge < -0.3 is 4.74 Å². The third kappa shape index (κ3) is 5.30. The molecule has 0 N–H and O–H groups in total. The molecule has 1 radical (unpaired) electrons. The van der Waals surface area contributed by atoms with Gasteiger partial charge in [-0.2, -0.15) is 0 Å². The number of rotatable bonds is 6. The minimum atomic E-state index is 0.597. The van der Waals surface area contributed by atoms with E-state index in [2.05, 4.69) is 13.3 Å². The Hall–Kier alpha value is -0.0400. The summed E-state index contributed by atoms with van der Waals surface area (Å²) in [7, 11) is 0. The zero-order valence-corrected chi connectivity index (χ0v) is 8.93. The van der Waals surface area contributed by atoms with Crippen LogP contribution in [-0.2, 0) is 4.74 Å². The molecular weight excluding hydrogens is 160 g/mol. The summed E-state index contributed by atoms with van der Waals surface area (Å²) in [6, 6.07) is 0. The van der Waals surface area contributed by atoms with Crippen molar-refractivity contribution in [1.29, 1.82) is 0 Å². The van der Waals surface area contributed by atoms with Crippen molar-refractivity contribution >= 4 is 0 Å². The lowest BCUT2D eigenvalue weighted by Crippen LogP contribution is -2.17. The number of hydrogen-bond acceptors (Lipinski definition) is 1. The van der Waals surface area contributed by atoms with Gasteiger partial charge in [0.05, 0.1) is 6.10 Å². The summed E-state index contributed by atoms with van der Waals surface area (Å²) >= 11 is 0. The summed E-state index contributed by atoms with van der Waals surface area (Å²) in [5.74, 6) is 0. The van der Waals surface area contributed by atoms with Gasteiger partial charge in [0.15, 0.2) is 0 Å². The van der Waals surface area contributed by atoms with Crippen LogP contribution >= 0.6 is 0 Å². The van der Waals surface area contributed by atoms with Crippen molar-refractivity contribution in [1.82, 2.24) is 0 Å². The highest BCUT2D eigenvalue weighted by molar-refractivity contribution is 4.65. The molecule has 77 valence electrons. The highest BCUT2D eigenvalue weighted by atomic mass is 16.5. The second-order valence-corrected chi connectivity index (χ2v) is 4.03. The van der Waals surface area contributed by atoms with Crippen LogP contribution in [0.25, 0.3) is 0 Å². The summed E-state index contributed by atoms with van der Waals surface area (Å²) in [6.45, 7) is 3.11. The van der Waals surface area contributed by atoms with E-state index in [1.54, 1.807) is 0 Å². The molecule has 1 fully saturated rings. The largest absolute Gasteiger partial charge is 0.378 e. The maximum atomic E-state index is 5.82. The highest BCUT2D eigenvalue weighted by Gasteiger charge is 2.12. The van der Waals surface area contributed by atoms with Crippen molar-refractivity contribution in [2.24, 2.45) is 0 Å². The Bertz CT molecular complexity index is 106. The van der Waals surface area contributed by atoms with E-state index in [0.29, 0.717) is 6.10 Å². The Labute approximate surface area is 82.9 Å². The van der Waals surface area contributed by atoms with Crippen LogP contribution in [0, 0.1) is 6.42 Å². The minimum Gasteiger partial charge on any atom is -0.378 e. The number of unbranched alkanes of at least 4 members (excludes halogenated alkanes) is 3. The first-order valence-corrected chi connectivity index (χ1v) is 5.83. The van der Waals surface area contributed by atoms with Gasteiger partial charge in [-0.25, -0.2) is 0 Å². The molecule has 0 atom stereocenters. The van der Waals surface area contributed by atoms with E-state index < -0.39 is 0 Å². The van der Waals surface area contributed by atoms with Gasteiger partial charge in [-0.05, 0) is 25.7 Å². The first kappa shape index (κ1) is 11.0. The lowest BCUT2D eigenvalue weighted by Gasteiger charge is -2.21. The lowest BCUT2D eigenvalue weighted by molar-refractivity contribution is 0.0265. The summed E-state index contributed by atoms with van der Waals surface area (Å²) in [5.41, 5.74) is 0.